The molecule has 0 spiro atoms. The number of hydrogen-bond donors (Lipinski definition) is 1. The molecule has 0 aromatic rings. The summed E-state index contributed by atoms with van der Waals surface area (Å²) >= 11 is 0. The summed E-state index contributed by atoms with van der Waals surface area (Å²) in [6.45, 7) is 9.96. The van der Waals surface area contributed by atoms with E-state index in [1.165, 1.54) is 19.3 Å². The largest absolute Gasteiger partial charge is 0.462 e. The highest BCUT2D eigenvalue weighted by Gasteiger charge is 2.24. The van der Waals surface area contributed by atoms with Crippen LogP contribution in [0, 0.1) is 0 Å². The Morgan fingerprint density at radius 3 is 2.53 bits per heavy atom. The first-order valence-electron chi connectivity index (χ1n) is 7.80. The zero-order valence-electron chi connectivity index (χ0n) is 12.8. The minimum Gasteiger partial charge on any atom is -0.462 e. The van der Waals surface area contributed by atoms with E-state index in [2.05, 4.69) is 17.1 Å². The predicted octanol–water partition coefficient (Wildman–Crippen LogP) is 2.18. The van der Waals surface area contributed by atoms with Crippen LogP contribution in [-0.4, -0.2) is 49.2 Å². The molecule has 1 N–H and O–H groups in total. The molecule has 19 heavy (non-hydrogen) atoms. The molecule has 1 saturated heterocycles. The fourth-order valence-corrected chi connectivity index (χ4v) is 2.43. The van der Waals surface area contributed by atoms with Crippen molar-refractivity contribution in [2.45, 2.75) is 65.0 Å². The first kappa shape index (κ1) is 16.4. The number of nitrogens with zero attached hydrogens (tertiary/aromatic N) is 1. The van der Waals surface area contributed by atoms with Crippen LogP contribution in [0.1, 0.15) is 52.9 Å². The van der Waals surface area contributed by atoms with Crippen LogP contribution in [0.5, 0.6) is 0 Å². The summed E-state index contributed by atoms with van der Waals surface area (Å²) in [4.78, 5) is 14.3. The number of unbranched alkanes of at least 4 members (excludes halogenated alkanes) is 3. The van der Waals surface area contributed by atoms with Crippen molar-refractivity contribution in [1.29, 1.82) is 0 Å². The van der Waals surface area contributed by atoms with Crippen LogP contribution in [0.25, 0.3) is 0 Å². The fourth-order valence-electron chi connectivity index (χ4n) is 2.43. The monoisotopic (exact) mass is 270 g/mol. The summed E-state index contributed by atoms with van der Waals surface area (Å²) in [5.41, 5.74) is 0. The molecule has 0 aromatic heterocycles. The zero-order valence-corrected chi connectivity index (χ0v) is 12.8. The number of hydrogen-bond acceptors (Lipinski definition) is 4. The molecule has 1 aliphatic rings. The van der Waals surface area contributed by atoms with Crippen molar-refractivity contribution in [3.05, 3.63) is 0 Å². The van der Waals surface area contributed by atoms with E-state index in [1.54, 1.807) is 0 Å². The van der Waals surface area contributed by atoms with Gasteiger partial charge in [-0.2, -0.15) is 0 Å². The SMILES string of the molecule is CCCCCCC(C)OC(=O)C(C)N1CCNCC1. The van der Waals surface area contributed by atoms with Gasteiger partial charge in [-0.1, -0.05) is 26.2 Å². The maximum Gasteiger partial charge on any atom is 0.323 e. The van der Waals surface area contributed by atoms with Gasteiger partial charge >= 0.3 is 5.97 Å². The molecule has 0 bridgehead atoms. The van der Waals surface area contributed by atoms with Crippen LogP contribution in [0.3, 0.4) is 0 Å². The van der Waals surface area contributed by atoms with Gasteiger partial charge in [0, 0.05) is 26.2 Å². The van der Waals surface area contributed by atoms with Crippen LogP contribution < -0.4 is 5.32 Å². The summed E-state index contributed by atoms with van der Waals surface area (Å²) in [6, 6.07) is -0.111. The highest BCUT2D eigenvalue weighted by atomic mass is 16.5. The number of nitrogens with one attached hydrogen (secondary N) is 1. The van der Waals surface area contributed by atoms with Crippen LogP contribution >= 0.6 is 0 Å². The van der Waals surface area contributed by atoms with Crippen LogP contribution in [0.4, 0.5) is 0 Å². The molecule has 4 nitrogen and oxygen atoms in total. The van der Waals surface area contributed by atoms with Gasteiger partial charge in [-0.3, -0.25) is 9.69 Å². The third-order valence-corrected chi connectivity index (χ3v) is 3.82. The van der Waals surface area contributed by atoms with E-state index in [0.717, 1.165) is 39.0 Å². The molecular weight excluding hydrogens is 240 g/mol. The van der Waals surface area contributed by atoms with Crippen molar-refractivity contribution < 1.29 is 9.53 Å². The van der Waals surface area contributed by atoms with Gasteiger partial charge in [-0.15, -0.1) is 0 Å². The molecule has 1 rings (SSSR count). The lowest BCUT2D eigenvalue weighted by atomic mass is 10.1. The minimum atomic E-state index is -0.111. The summed E-state index contributed by atoms with van der Waals surface area (Å²) in [5, 5.41) is 3.30. The Hall–Kier alpha value is -0.610. The number of esters is 1. The van der Waals surface area contributed by atoms with Gasteiger partial charge in [0.25, 0.3) is 0 Å². The molecule has 1 aliphatic heterocycles. The smallest absolute Gasteiger partial charge is 0.323 e. The van der Waals surface area contributed by atoms with Gasteiger partial charge in [0.15, 0.2) is 0 Å². The molecule has 2 atom stereocenters. The molecule has 2 unspecified atom stereocenters. The van der Waals surface area contributed by atoms with E-state index in [1.807, 2.05) is 13.8 Å². The third kappa shape index (κ3) is 6.39. The zero-order chi connectivity index (χ0) is 14.1. The Bertz CT molecular complexity index is 253. The van der Waals surface area contributed by atoms with E-state index in [9.17, 15) is 4.79 Å². The van der Waals surface area contributed by atoms with E-state index in [0.29, 0.717) is 0 Å². The molecule has 0 amide bonds. The lowest BCUT2D eigenvalue weighted by Crippen LogP contribution is -2.50. The van der Waals surface area contributed by atoms with Crippen LogP contribution in [0.15, 0.2) is 0 Å². The first-order valence-corrected chi connectivity index (χ1v) is 7.80. The summed E-state index contributed by atoms with van der Waals surface area (Å²) < 4.78 is 5.54. The minimum absolute atomic E-state index is 0.0507. The maximum absolute atomic E-state index is 12.1. The van der Waals surface area contributed by atoms with E-state index >= 15 is 0 Å². The second-order valence-corrected chi connectivity index (χ2v) is 5.56. The molecule has 1 fully saturated rings. The topological polar surface area (TPSA) is 41.6 Å². The number of ether oxygens (including phenoxy) is 1. The number of rotatable bonds is 8. The van der Waals surface area contributed by atoms with Crippen molar-refractivity contribution in [2.24, 2.45) is 0 Å². The van der Waals surface area contributed by atoms with Gasteiger partial charge in [0.05, 0.1) is 6.10 Å². The number of carbonyl (C=O) groups excluding carboxylic acids is 1. The Morgan fingerprint density at radius 1 is 1.21 bits per heavy atom. The van der Waals surface area contributed by atoms with Gasteiger partial charge < -0.3 is 10.1 Å². The Labute approximate surface area is 117 Å². The van der Waals surface area contributed by atoms with E-state index in [4.69, 9.17) is 4.74 Å². The second kappa shape index (κ2) is 9.32. The normalized spacial score (nSPS) is 19.9. The van der Waals surface area contributed by atoms with Gasteiger partial charge in [0.2, 0.25) is 0 Å². The molecule has 1 heterocycles. The summed E-state index contributed by atoms with van der Waals surface area (Å²) in [7, 11) is 0. The Morgan fingerprint density at radius 2 is 1.89 bits per heavy atom. The van der Waals surface area contributed by atoms with E-state index < -0.39 is 0 Å². The molecule has 4 heteroatoms. The quantitative estimate of drug-likeness (QED) is 0.542. The van der Waals surface area contributed by atoms with Gasteiger partial charge in [-0.05, 0) is 26.7 Å². The number of piperazine rings is 1. The second-order valence-electron chi connectivity index (χ2n) is 5.56. The molecule has 0 aromatic carbocycles. The van der Waals surface area contributed by atoms with E-state index in [-0.39, 0.29) is 18.1 Å². The highest BCUT2D eigenvalue weighted by molar-refractivity contribution is 5.75. The Kier molecular flexibility index (Phi) is 8.07. The third-order valence-electron chi connectivity index (χ3n) is 3.82. The standard InChI is InChI=1S/C15H30N2O2/c1-4-5-6-7-8-13(2)19-15(18)14(3)17-11-9-16-10-12-17/h13-14,16H,4-12H2,1-3H3. The highest BCUT2D eigenvalue weighted by Crippen LogP contribution is 2.10. The fraction of sp³-hybridized carbons (Fsp3) is 0.933. The van der Waals surface area contributed by atoms with Crippen molar-refractivity contribution in [2.75, 3.05) is 26.2 Å². The average molecular weight is 270 g/mol. The van der Waals surface area contributed by atoms with Crippen molar-refractivity contribution in [3.8, 4) is 0 Å². The van der Waals surface area contributed by atoms with Crippen molar-refractivity contribution >= 4 is 5.97 Å². The molecule has 0 radical (unpaired) electrons. The molecule has 0 aliphatic carbocycles. The van der Waals surface area contributed by atoms with Gasteiger partial charge in [-0.25, -0.2) is 0 Å². The van der Waals surface area contributed by atoms with Crippen LogP contribution in [0.2, 0.25) is 0 Å². The van der Waals surface area contributed by atoms with Crippen molar-refractivity contribution in [3.63, 3.8) is 0 Å². The maximum atomic E-state index is 12.1. The molecule has 0 saturated carbocycles. The summed E-state index contributed by atoms with van der Waals surface area (Å²) in [6.07, 6.45) is 5.96. The average Bonchev–Trinajstić information content (AvgIpc) is 2.43. The lowest BCUT2D eigenvalue weighted by molar-refractivity contribution is -0.154. The lowest BCUT2D eigenvalue weighted by Gasteiger charge is -2.31. The number of carbonyl (C=O) groups is 1. The van der Waals surface area contributed by atoms with Crippen molar-refractivity contribution in [1.82, 2.24) is 10.2 Å². The predicted molar refractivity (Wildman–Crippen MR) is 78.2 cm³/mol. The van der Waals surface area contributed by atoms with Gasteiger partial charge in [0.1, 0.15) is 6.04 Å². The molecular formula is C15H30N2O2. The molecule has 112 valence electrons. The Balaban J connectivity index is 2.20. The summed E-state index contributed by atoms with van der Waals surface area (Å²) in [5.74, 6) is -0.0649. The van der Waals surface area contributed by atoms with Crippen LogP contribution in [-0.2, 0) is 9.53 Å². The first-order chi connectivity index (χ1) is 9.15.